The molecule has 4 rings (SSSR count). The van der Waals surface area contributed by atoms with Crippen molar-refractivity contribution in [1.29, 1.82) is 0 Å². The molecule has 1 aliphatic rings. The number of benzene rings is 2. The second kappa shape index (κ2) is 12.4. The molecule has 0 aliphatic carbocycles. The van der Waals surface area contributed by atoms with Gasteiger partial charge in [-0.1, -0.05) is 18.6 Å². The summed E-state index contributed by atoms with van der Waals surface area (Å²) in [7, 11) is 1.62. The molecule has 0 atom stereocenters. The predicted molar refractivity (Wildman–Crippen MR) is 143 cm³/mol. The summed E-state index contributed by atoms with van der Waals surface area (Å²) in [4.78, 5) is 25.3. The summed E-state index contributed by atoms with van der Waals surface area (Å²) in [5.74, 6) is 2.18. The number of hydrogen-bond donors (Lipinski definition) is 1. The van der Waals surface area contributed by atoms with E-state index in [2.05, 4.69) is 20.2 Å². The number of hydrogen-bond acceptors (Lipinski definition) is 7. The van der Waals surface area contributed by atoms with Gasteiger partial charge in [0, 0.05) is 25.5 Å². The van der Waals surface area contributed by atoms with Gasteiger partial charge in [0.2, 0.25) is 5.95 Å². The molecule has 2 heterocycles. The second-order valence-corrected chi connectivity index (χ2v) is 9.19. The zero-order chi connectivity index (χ0) is 25.3. The summed E-state index contributed by atoms with van der Waals surface area (Å²) in [5.41, 5.74) is 2.74. The number of carbonyl (C=O) groups excluding carboxylic acids is 1. The quantitative estimate of drug-likeness (QED) is 0.385. The van der Waals surface area contributed by atoms with Gasteiger partial charge < -0.3 is 19.7 Å². The average molecular weight is 490 g/mol. The molecule has 190 valence electrons. The van der Waals surface area contributed by atoms with Gasteiger partial charge in [0.05, 0.1) is 6.61 Å². The zero-order valence-electron chi connectivity index (χ0n) is 21.4. The number of likely N-dealkylation sites (tertiary alicyclic amines) is 1. The lowest BCUT2D eigenvalue weighted by molar-refractivity contribution is 0.205. The molecule has 0 radical (unpaired) electrons. The normalized spacial score (nSPS) is 13.8. The van der Waals surface area contributed by atoms with E-state index in [1.807, 2.05) is 56.3 Å². The van der Waals surface area contributed by atoms with Crippen LogP contribution in [0.4, 0.5) is 22.2 Å². The first-order valence-corrected chi connectivity index (χ1v) is 12.6. The van der Waals surface area contributed by atoms with Crippen molar-refractivity contribution >= 4 is 23.5 Å². The van der Waals surface area contributed by atoms with Crippen molar-refractivity contribution in [2.24, 2.45) is 0 Å². The Kier molecular flexibility index (Phi) is 8.73. The number of rotatable bonds is 9. The van der Waals surface area contributed by atoms with Crippen LogP contribution in [0.1, 0.15) is 36.8 Å². The monoisotopic (exact) mass is 489 g/mol. The molecule has 1 aromatic heterocycles. The van der Waals surface area contributed by atoms with E-state index in [4.69, 9.17) is 9.47 Å². The lowest BCUT2D eigenvalue weighted by Gasteiger charge is -2.26. The lowest BCUT2D eigenvalue weighted by atomic mass is 10.1. The van der Waals surface area contributed by atoms with Gasteiger partial charge in [-0.3, -0.25) is 4.90 Å². The number of piperidine rings is 1. The highest BCUT2D eigenvalue weighted by Crippen LogP contribution is 2.22. The summed E-state index contributed by atoms with van der Waals surface area (Å²) in [5, 5.41) is 3.18. The topological polar surface area (TPSA) is 79.8 Å². The first kappa shape index (κ1) is 25.4. The van der Waals surface area contributed by atoms with Gasteiger partial charge in [-0.05, 0) is 93.7 Å². The van der Waals surface area contributed by atoms with Gasteiger partial charge in [0.1, 0.15) is 17.3 Å². The van der Waals surface area contributed by atoms with E-state index in [9.17, 15) is 4.79 Å². The highest BCUT2D eigenvalue weighted by Gasteiger charge is 2.17. The second-order valence-electron chi connectivity index (χ2n) is 9.19. The van der Waals surface area contributed by atoms with Gasteiger partial charge >= 0.3 is 6.09 Å². The highest BCUT2D eigenvalue weighted by atomic mass is 16.6. The van der Waals surface area contributed by atoms with E-state index in [1.165, 1.54) is 37.3 Å². The molecule has 1 fully saturated rings. The van der Waals surface area contributed by atoms with Gasteiger partial charge in [0.25, 0.3) is 0 Å². The zero-order valence-corrected chi connectivity index (χ0v) is 21.4. The number of ether oxygens (including phenoxy) is 2. The third kappa shape index (κ3) is 7.18. The number of aryl methyl sites for hydroxylation is 2. The summed E-state index contributed by atoms with van der Waals surface area (Å²) in [6, 6.07) is 15.1. The lowest BCUT2D eigenvalue weighted by Crippen LogP contribution is -2.31. The van der Waals surface area contributed by atoms with Crippen molar-refractivity contribution in [3.8, 4) is 11.5 Å². The molecule has 8 nitrogen and oxygen atoms in total. The van der Waals surface area contributed by atoms with Crippen LogP contribution in [0.25, 0.3) is 0 Å². The molecule has 1 N–H and O–H groups in total. The van der Waals surface area contributed by atoms with Crippen molar-refractivity contribution in [2.75, 3.05) is 43.5 Å². The molecule has 0 spiro atoms. The molecule has 0 bridgehead atoms. The Morgan fingerprint density at radius 2 is 1.83 bits per heavy atom. The maximum Gasteiger partial charge on any atom is 0.420 e. The number of aromatic nitrogens is 2. The van der Waals surface area contributed by atoms with Crippen molar-refractivity contribution in [1.82, 2.24) is 14.9 Å². The van der Waals surface area contributed by atoms with Gasteiger partial charge in [-0.15, -0.1) is 0 Å². The smallest absolute Gasteiger partial charge is 0.420 e. The van der Waals surface area contributed by atoms with Crippen LogP contribution in [0.5, 0.6) is 11.5 Å². The molecular formula is C28H35N5O3. The fourth-order valence-corrected chi connectivity index (χ4v) is 4.09. The Bertz CT molecular complexity index is 1150. The maximum absolute atomic E-state index is 12.7. The molecule has 0 saturated carbocycles. The minimum atomic E-state index is -0.518. The van der Waals surface area contributed by atoms with Crippen LogP contribution in [0, 0.1) is 13.8 Å². The maximum atomic E-state index is 12.7. The van der Waals surface area contributed by atoms with Crippen LogP contribution in [0.15, 0.2) is 54.7 Å². The van der Waals surface area contributed by atoms with E-state index in [0.29, 0.717) is 24.1 Å². The molecule has 1 saturated heterocycles. The van der Waals surface area contributed by atoms with Gasteiger partial charge in [0.15, 0.2) is 0 Å². The van der Waals surface area contributed by atoms with E-state index in [1.54, 1.807) is 19.3 Å². The van der Waals surface area contributed by atoms with Crippen LogP contribution < -0.4 is 19.7 Å². The standard InChI is InChI=1S/C28H35N5O3/c1-21-8-9-22(2)25(20-21)36-28(34)32(3)26-14-15-29-27(31-26)30-23-10-12-24(13-11-23)35-19-7-18-33-16-5-4-6-17-33/h8-15,20H,4-7,16-19H2,1-3H3,(H,29,30,31). The summed E-state index contributed by atoms with van der Waals surface area (Å²) >= 11 is 0. The minimum Gasteiger partial charge on any atom is -0.494 e. The average Bonchev–Trinajstić information content (AvgIpc) is 2.90. The van der Waals surface area contributed by atoms with Crippen molar-refractivity contribution < 1.29 is 14.3 Å². The van der Waals surface area contributed by atoms with Crippen LogP contribution in [0.2, 0.25) is 0 Å². The molecule has 8 heteroatoms. The fraction of sp³-hybridized carbons (Fsp3) is 0.393. The van der Waals surface area contributed by atoms with E-state index >= 15 is 0 Å². The van der Waals surface area contributed by atoms with Gasteiger partial charge in [-0.2, -0.15) is 4.98 Å². The number of carbonyl (C=O) groups is 1. The molecule has 0 unspecified atom stereocenters. The number of nitrogens with zero attached hydrogens (tertiary/aromatic N) is 4. The Morgan fingerprint density at radius 1 is 1.06 bits per heavy atom. The van der Waals surface area contributed by atoms with Crippen molar-refractivity contribution in [3.05, 3.63) is 65.9 Å². The van der Waals surface area contributed by atoms with E-state index in [0.717, 1.165) is 35.5 Å². The van der Waals surface area contributed by atoms with Gasteiger partial charge in [-0.25, -0.2) is 9.78 Å². The first-order chi connectivity index (χ1) is 17.5. The first-order valence-electron chi connectivity index (χ1n) is 12.6. The largest absolute Gasteiger partial charge is 0.494 e. The number of amides is 1. The Hall–Kier alpha value is -3.65. The van der Waals surface area contributed by atoms with Crippen molar-refractivity contribution in [3.63, 3.8) is 0 Å². The van der Waals surface area contributed by atoms with E-state index < -0.39 is 6.09 Å². The van der Waals surface area contributed by atoms with Crippen LogP contribution in [-0.4, -0.2) is 54.2 Å². The third-order valence-corrected chi connectivity index (χ3v) is 6.25. The minimum absolute atomic E-state index is 0.383. The Morgan fingerprint density at radius 3 is 2.61 bits per heavy atom. The summed E-state index contributed by atoms with van der Waals surface area (Å²) in [6.07, 6.45) is 6.10. The Labute approximate surface area is 213 Å². The molecule has 1 amide bonds. The van der Waals surface area contributed by atoms with Crippen molar-refractivity contribution in [2.45, 2.75) is 39.5 Å². The molecule has 1 aliphatic heterocycles. The van der Waals surface area contributed by atoms with Crippen LogP contribution in [-0.2, 0) is 0 Å². The Balaban J connectivity index is 1.28. The molecular weight excluding hydrogens is 454 g/mol. The van der Waals surface area contributed by atoms with Crippen LogP contribution in [0.3, 0.4) is 0 Å². The number of nitrogens with one attached hydrogen (secondary N) is 1. The highest BCUT2D eigenvalue weighted by molar-refractivity contribution is 5.87. The SMILES string of the molecule is Cc1ccc(C)c(OC(=O)N(C)c2ccnc(Nc3ccc(OCCCN4CCCCC4)cc3)n2)c1. The predicted octanol–water partition coefficient (Wildman–Crippen LogP) is 5.73. The molecule has 36 heavy (non-hydrogen) atoms. The summed E-state index contributed by atoms with van der Waals surface area (Å²) in [6.45, 7) is 8.09. The van der Waals surface area contributed by atoms with Crippen LogP contribution >= 0.6 is 0 Å². The number of anilines is 3. The fourth-order valence-electron chi connectivity index (χ4n) is 4.09. The third-order valence-electron chi connectivity index (χ3n) is 6.25. The molecule has 3 aromatic rings. The molecule has 2 aromatic carbocycles. The summed E-state index contributed by atoms with van der Waals surface area (Å²) < 4.78 is 11.5. The van der Waals surface area contributed by atoms with E-state index in [-0.39, 0.29) is 0 Å².